The summed E-state index contributed by atoms with van der Waals surface area (Å²) < 4.78 is 5.71. The van der Waals surface area contributed by atoms with Crippen LogP contribution in [0.2, 0.25) is 0 Å². The van der Waals surface area contributed by atoms with Crippen molar-refractivity contribution in [1.82, 2.24) is 5.32 Å². The molecule has 1 fully saturated rings. The predicted octanol–water partition coefficient (Wildman–Crippen LogP) is 3.14. The van der Waals surface area contributed by atoms with Crippen molar-refractivity contribution in [2.24, 2.45) is 5.92 Å². The first-order chi connectivity index (χ1) is 7.47. The highest BCUT2D eigenvalue weighted by atomic mass is 16.5. The number of nitrogens with one attached hydrogen (secondary N) is 1. The van der Waals surface area contributed by atoms with E-state index in [1.807, 2.05) is 0 Å². The number of hydrogen-bond acceptors (Lipinski definition) is 2. The molecule has 1 aliphatic rings. The SMILES string of the molecule is C=C(CNC(C)(C)C)COCC1CCCC1. The molecule has 2 nitrogen and oxygen atoms in total. The highest BCUT2D eigenvalue weighted by molar-refractivity contribution is 4.98. The van der Waals surface area contributed by atoms with Gasteiger partial charge in [-0.1, -0.05) is 19.4 Å². The average molecular weight is 225 g/mol. The fraction of sp³-hybridized carbons (Fsp3) is 0.857. The first kappa shape index (κ1) is 13.7. The van der Waals surface area contributed by atoms with Crippen molar-refractivity contribution in [1.29, 1.82) is 0 Å². The monoisotopic (exact) mass is 225 g/mol. The van der Waals surface area contributed by atoms with Crippen LogP contribution in [0.25, 0.3) is 0 Å². The van der Waals surface area contributed by atoms with Crippen LogP contribution < -0.4 is 5.32 Å². The van der Waals surface area contributed by atoms with Gasteiger partial charge >= 0.3 is 0 Å². The molecule has 1 saturated carbocycles. The topological polar surface area (TPSA) is 21.3 Å². The van der Waals surface area contributed by atoms with Crippen LogP contribution in [0.3, 0.4) is 0 Å². The lowest BCUT2D eigenvalue weighted by Gasteiger charge is -2.21. The van der Waals surface area contributed by atoms with Gasteiger partial charge in [0.15, 0.2) is 0 Å². The minimum absolute atomic E-state index is 0.161. The van der Waals surface area contributed by atoms with Gasteiger partial charge in [0.25, 0.3) is 0 Å². The Kier molecular flexibility index (Phi) is 5.50. The van der Waals surface area contributed by atoms with Gasteiger partial charge in [-0.25, -0.2) is 0 Å². The van der Waals surface area contributed by atoms with Gasteiger partial charge in [-0.05, 0) is 45.1 Å². The van der Waals surface area contributed by atoms with Crippen molar-refractivity contribution in [3.63, 3.8) is 0 Å². The van der Waals surface area contributed by atoms with Crippen LogP contribution in [0.5, 0.6) is 0 Å². The second kappa shape index (κ2) is 6.41. The molecule has 0 aliphatic heterocycles. The van der Waals surface area contributed by atoms with E-state index in [2.05, 4.69) is 32.7 Å². The predicted molar refractivity (Wildman–Crippen MR) is 69.7 cm³/mol. The summed E-state index contributed by atoms with van der Waals surface area (Å²) in [5, 5.41) is 3.42. The van der Waals surface area contributed by atoms with Crippen molar-refractivity contribution >= 4 is 0 Å². The lowest BCUT2D eigenvalue weighted by atomic mass is 10.1. The molecule has 1 aliphatic carbocycles. The molecular weight excluding hydrogens is 198 g/mol. The minimum Gasteiger partial charge on any atom is -0.377 e. The van der Waals surface area contributed by atoms with E-state index in [4.69, 9.17) is 4.74 Å². The number of ether oxygens (including phenoxy) is 1. The Morgan fingerprint density at radius 1 is 1.31 bits per heavy atom. The fourth-order valence-electron chi connectivity index (χ4n) is 1.99. The van der Waals surface area contributed by atoms with Gasteiger partial charge in [0.2, 0.25) is 0 Å². The molecule has 94 valence electrons. The Labute approximate surface area is 100 Å². The molecule has 1 N–H and O–H groups in total. The highest BCUT2D eigenvalue weighted by Gasteiger charge is 2.15. The van der Waals surface area contributed by atoms with Gasteiger partial charge in [0.1, 0.15) is 0 Å². The molecule has 0 radical (unpaired) electrons. The molecule has 16 heavy (non-hydrogen) atoms. The van der Waals surface area contributed by atoms with Crippen LogP contribution in [0, 0.1) is 5.92 Å². The van der Waals surface area contributed by atoms with Crippen LogP contribution in [-0.4, -0.2) is 25.3 Å². The maximum absolute atomic E-state index is 5.71. The fourth-order valence-corrected chi connectivity index (χ4v) is 1.99. The summed E-state index contributed by atoms with van der Waals surface area (Å²) in [6.45, 7) is 13.0. The van der Waals surface area contributed by atoms with E-state index in [0.29, 0.717) is 6.61 Å². The summed E-state index contributed by atoms with van der Waals surface area (Å²) >= 11 is 0. The Hall–Kier alpha value is -0.340. The van der Waals surface area contributed by atoms with E-state index < -0.39 is 0 Å². The summed E-state index contributed by atoms with van der Waals surface area (Å²) in [6, 6.07) is 0. The summed E-state index contributed by atoms with van der Waals surface area (Å²) in [5.41, 5.74) is 1.31. The Morgan fingerprint density at radius 2 is 1.94 bits per heavy atom. The maximum atomic E-state index is 5.71. The maximum Gasteiger partial charge on any atom is 0.0686 e. The molecule has 1 rings (SSSR count). The number of rotatable bonds is 6. The Bertz CT molecular complexity index is 211. The molecule has 0 spiro atoms. The van der Waals surface area contributed by atoms with E-state index in [1.54, 1.807) is 0 Å². The summed E-state index contributed by atoms with van der Waals surface area (Å²) in [4.78, 5) is 0. The molecule has 0 aromatic heterocycles. The van der Waals surface area contributed by atoms with Crippen LogP contribution in [0.4, 0.5) is 0 Å². The zero-order chi connectivity index (χ0) is 12.0. The highest BCUT2D eigenvalue weighted by Crippen LogP contribution is 2.24. The van der Waals surface area contributed by atoms with Gasteiger partial charge < -0.3 is 10.1 Å². The third-order valence-electron chi connectivity index (χ3n) is 3.00. The second-order valence-electron chi connectivity index (χ2n) is 6.02. The quantitative estimate of drug-likeness (QED) is 0.701. The van der Waals surface area contributed by atoms with Crippen LogP contribution in [0.15, 0.2) is 12.2 Å². The second-order valence-corrected chi connectivity index (χ2v) is 6.02. The smallest absolute Gasteiger partial charge is 0.0686 e. The lowest BCUT2D eigenvalue weighted by molar-refractivity contribution is 0.118. The summed E-state index contributed by atoms with van der Waals surface area (Å²) in [5.74, 6) is 0.809. The first-order valence-electron chi connectivity index (χ1n) is 6.47. The van der Waals surface area contributed by atoms with E-state index in [9.17, 15) is 0 Å². The Morgan fingerprint density at radius 3 is 2.50 bits per heavy atom. The molecule has 0 atom stereocenters. The van der Waals surface area contributed by atoms with Gasteiger partial charge in [-0.2, -0.15) is 0 Å². The van der Waals surface area contributed by atoms with Gasteiger partial charge in [0.05, 0.1) is 6.61 Å². The molecule has 0 bridgehead atoms. The summed E-state index contributed by atoms with van der Waals surface area (Å²) in [6.07, 6.45) is 5.49. The van der Waals surface area contributed by atoms with Crippen molar-refractivity contribution in [3.05, 3.63) is 12.2 Å². The molecule has 0 amide bonds. The molecule has 0 saturated heterocycles. The molecule has 2 heteroatoms. The molecule has 0 aromatic carbocycles. The van der Waals surface area contributed by atoms with Crippen LogP contribution in [0.1, 0.15) is 46.5 Å². The van der Waals surface area contributed by atoms with Gasteiger partial charge in [0, 0.05) is 18.7 Å². The number of hydrogen-bond donors (Lipinski definition) is 1. The van der Waals surface area contributed by atoms with E-state index in [-0.39, 0.29) is 5.54 Å². The van der Waals surface area contributed by atoms with Crippen LogP contribution in [-0.2, 0) is 4.74 Å². The van der Waals surface area contributed by atoms with Gasteiger partial charge in [-0.15, -0.1) is 0 Å². The summed E-state index contributed by atoms with van der Waals surface area (Å²) in [7, 11) is 0. The lowest BCUT2D eigenvalue weighted by Crippen LogP contribution is -2.37. The Balaban J connectivity index is 2.01. The molecule has 0 heterocycles. The normalized spacial score (nSPS) is 17.9. The third kappa shape index (κ3) is 6.29. The van der Waals surface area contributed by atoms with Crippen molar-refractivity contribution in [2.45, 2.75) is 52.0 Å². The minimum atomic E-state index is 0.161. The zero-order valence-electron chi connectivity index (χ0n) is 11.1. The first-order valence-corrected chi connectivity index (χ1v) is 6.47. The third-order valence-corrected chi connectivity index (χ3v) is 3.00. The van der Waals surface area contributed by atoms with Crippen molar-refractivity contribution < 1.29 is 4.74 Å². The van der Waals surface area contributed by atoms with E-state index >= 15 is 0 Å². The van der Waals surface area contributed by atoms with Gasteiger partial charge in [-0.3, -0.25) is 0 Å². The standard InChI is InChI=1S/C14H27NO/c1-12(9-15-14(2,3)4)10-16-11-13-7-5-6-8-13/h13,15H,1,5-11H2,2-4H3. The van der Waals surface area contributed by atoms with Crippen LogP contribution >= 0.6 is 0 Å². The van der Waals surface area contributed by atoms with E-state index in [0.717, 1.165) is 24.6 Å². The largest absolute Gasteiger partial charge is 0.377 e. The zero-order valence-corrected chi connectivity index (χ0v) is 11.1. The average Bonchev–Trinajstić information content (AvgIpc) is 2.66. The van der Waals surface area contributed by atoms with Crippen molar-refractivity contribution in [3.8, 4) is 0 Å². The molecule has 0 unspecified atom stereocenters. The molecule has 0 aromatic rings. The van der Waals surface area contributed by atoms with Crippen molar-refractivity contribution in [2.75, 3.05) is 19.8 Å². The molecular formula is C14H27NO. The van der Waals surface area contributed by atoms with E-state index in [1.165, 1.54) is 25.7 Å².